The van der Waals surface area contributed by atoms with E-state index >= 15 is 0 Å². The van der Waals surface area contributed by atoms with E-state index < -0.39 is 0 Å². The monoisotopic (exact) mass is 399 g/mol. The standard InChI is InChI=1S/C17H17N7OS2/c18-11-12-3-1-6-20-15(12)21-8-7-19-14(25)5-9-24-16(22-23-17(24)26)13-4-2-10-27-13/h1-4,6,10H,5,7-9H2,(H,19,25)(H,20,21)(H,23,26). The molecule has 0 radical (unpaired) electrons. The van der Waals surface area contributed by atoms with Crippen LogP contribution in [0.15, 0.2) is 35.8 Å². The summed E-state index contributed by atoms with van der Waals surface area (Å²) in [6.07, 6.45) is 1.90. The molecule has 0 atom stereocenters. The fourth-order valence-corrected chi connectivity index (χ4v) is 3.39. The van der Waals surface area contributed by atoms with Gasteiger partial charge in [0, 0.05) is 32.3 Å². The molecule has 3 rings (SSSR count). The average Bonchev–Trinajstić information content (AvgIpc) is 3.33. The first-order valence-corrected chi connectivity index (χ1v) is 9.52. The maximum atomic E-state index is 12.1. The smallest absolute Gasteiger partial charge is 0.221 e. The molecule has 0 bridgehead atoms. The summed E-state index contributed by atoms with van der Waals surface area (Å²) in [5, 5.41) is 23.9. The molecule has 0 unspecified atom stereocenters. The minimum Gasteiger partial charge on any atom is -0.367 e. The zero-order valence-corrected chi connectivity index (χ0v) is 15.9. The van der Waals surface area contributed by atoms with Crippen LogP contribution in [0.4, 0.5) is 5.82 Å². The molecule has 0 aromatic carbocycles. The van der Waals surface area contributed by atoms with Crippen LogP contribution in [0.5, 0.6) is 0 Å². The lowest BCUT2D eigenvalue weighted by Crippen LogP contribution is -2.29. The average molecular weight is 400 g/mol. The molecule has 27 heavy (non-hydrogen) atoms. The number of carbonyl (C=O) groups is 1. The Morgan fingerprint density at radius 1 is 1.37 bits per heavy atom. The summed E-state index contributed by atoms with van der Waals surface area (Å²) in [5.41, 5.74) is 0.472. The van der Waals surface area contributed by atoms with Crippen molar-refractivity contribution in [1.82, 2.24) is 25.1 Å². The highest BCUT2D eigenvalue weighted by Gasteiger charge is 2.11. The van der Waals surface area contributed by atoms with Crippen molar-refractivity contribution in [3.8, 4) is 16.8 Å². The van der Waals surface area contributed by atoms with Gasteiger partial charge in [0.05, 0.1) is 10.4 Å². The van der Waals surface area contributed by atoms with Gasteiger partial charge in [0.25, 0.3) is 0 Å². The van der Waals surface area contributed by atoms with Crippen molar-refractivity contribution < 1.29 is 4.79 Å². The van der Waals surface area contributed by atoms with Crippen molar-refractivity contribution in [3.05, 3.63) is 46.2 Å². The van der Waals surface area contributed by atoms with Crippen molar-refractivity contribution in [2.24, 2.45) is 0 Å². The van der Waals surface area contributed by atoms with E-state index in [9.17, 15) is 4.79 Å². The number of anilines is 1. The third-order valence-electron chi connectivity index (χ3n) is 3.73. The van der Waals surface area contributed by atoms with Gasteiger partial charge >= 0.3 is 0 Å². The first-order chi connectivity index (χ1) is 13.2. The number of hydrogen-bond acceptors (Lipinski definition) is 7. The summed E-state index contributed by atoms with van der Waals surface area (Å²) in [4.78, 5) is 17.2. The van der Waals surface area contributed by atoms with Gasteiger partial charge in [0.1, 0.15) is 11.9 Å². The fraction of sp³-hybridized carbons (Fsp3) is 0.235. The molecule has 3 heterocycles. The van der Waals surface area contributed by atoms with Crippen LogP contribution in [0, 0.1) is 16.1 Å². The Labute approximate surface area is 164 Å². The highest BCUT2D eigenvalue weighted by Crippen LogP contribution is 2.22. The van der Waals surface area contributed by atoms with Crippen LogP contribution in [-0.2, 0) is 11.3 Å². The van der Waals surface area contributed by atoms with Gasteiger partial charge in [-0.2, -0.15) is 10.4 Å². The number of rotatable bonds is 8. The summed E-state index contributed by atoms with van der Waals surface area (Å²) in [6.45, 7) is 1.35. The zero-order chi connectivity index (χ0) is 19.1. The van der Waals surface area contributed by atoms with E-state index in [1.165, 1.54) is 0 Å². The number of carbonyl (C=O) groups excluding carboxylic acids is 1. The van der Waals surface area contributed by atoms with Gasteiger partial charge in [0.2, 0.25) is 5.91 Å². The molecule has 0 spiro atoms. The van der Waals surface area contributed by atoms with E-state index in [-0.39, 0.29) is 5.91 Å². The largest absolute Gasteiger partial charge is 0.367 e. The van der Waals surface area contributed by atoms with Gasteiger partial charge in [-0.1, -0.05) is 6.07 Å². The number of aromatic nitrogens is 4. The molecular formula is C17H17N7OS2. The topological polar surface area (TPSA) is 111 Å². The summed E-state index contributed by atoms with van der Waals surface area (Å²) in [6, 6.07) is 9.37. The molecule has 10 heteroatoms. The number of nitrogens with one attached hydrogen (secondary N) is 3. The lowest BCUT2D eigenvalue weighted by atomic mass is 10.3. The fourth-order valence-electron chi connectivity index (χ4n) is 2.44. The highest BCUT2D eigenvalue weighted by atomic mass is 32.1. The Balaban J connectivity index is 1.46. The van der Waals surface area contributed by atoms with Crippen LogP contribution < -0.4 is 10.6 Å². The lowest BCUT2D eigenvalue weighted by molar-refractivity contribution is -0.121. The maximum absolute atomic E-state index is 12.1. The van der Waals surface area contributed by atoms with Gasteiger partial charge < -0.3 is 10.6 Å². The van der Waals surface area contributed by atoms with E-state index in [0.29, 0.717) is 42.2 Å². The number of thiophene rings is 1. The molecule has 0 saturated carbocycles. The SMILES string of the molecule is N#Cc1cccnc1NCCNC(=O)CCn1c(-c2cccs2)n[nH]c1=S. The Kier molecular flexibility index (Phi) is 6.30. The quantitative estimate of drug-likeness (QED) is 0.396. The number of nitriles is 1. The predicted octanol–water partition coefficient (Wildman–Crippen LogP) is 2.55. The van der Waals surface area contributed by atoms with Crippen molar-refractivity contribution in [2.45, 2.75) is 13.0 Å². The second-order valence-electron chi connectivity index (χ2n) is 5.52. The van der Waals surface area contributed by atoms with E-state index in [1.54, 1.807) is 29.7 Å². The maximum Gasteiger partial charge on any atom is 0.221 e. The summed E-state index contributed by atoms with van der Waals surface area (Å²) < 4.78 is 2.32. The Morgan fingerprint density at radius 2 is 2.26 bits per heavy atom. The molecule has 3 aromatic heterocycles. The van der Waals surface area contributed by atoms with Crippen molar-refractivity contribution >= 4 is 35.3 Å². The molecule has 138 valence electrons. The van der Waals surface area contributed by atoms with Crippen molar-refractivity contribution in [2.75, 3.05) is 18.4 Å². The van der Waals surface area contributed by atoms with Crippen LogP contribution >= 0.6 is 23.6 Å². The minimum atomic E-state index is -0.0847. The molecule has 1 amide bonds. The van der Waals surface area contributed by atoms with Gasteiger partial charge in [-0.15, -0.1) is 11.3 Å². The summed E-state index contributed by atoms with van der Waals surface area (Å²) in [7, 11) is 0. The molecule has 3 aromatic rings. The third-order valence-corrected chi connectivity index (χ3v) is 4.91. The van der Waals surface area contributed by atoms with E-state index in [0.717, 1.165) is 10.7 Å². The van der Waals surface area contributed by atoms with Gasteiger partial charge in [-0.25, -0.2) is 4.98 Å². The number of pyridine rings is 1. The Hall–Kier alpha value is -3.03. The Bertz CT molecular complexity index is 1000. The number of aromatic amines is 1. The molecule has 3 N–H and O–H groups in total. The third kappa shape index (κ3) is 4.78. The van der Waals surface area contributed by atoms with Crippen LogP contribution in [0.3, 0.4) is 0 Å². The molecule has 0 saturated heterocycles. The number of nitrogens with zero attached hydrogens (tertiary/aromatic N) is 4. The van der Waals surface area contributed by atoms with Gasteiger partial charge in [-0.05, 0) is 35.8 Å². The van der Waals surface area contributed by atoms with Crippen LogP contribution in [0.2, 0.25) is 0 Å². The molecular weight excluding hydrogens is 382 g/mol. The van der Waals surface area contributed by atoms with E-state index in [1.807, 2.05) is 22.1 Å². The van der Waals surface area contributed by atoms with Crippen molar-refractivity contribution in [1.29, 1.82) is 5.26 Å². The van der Waals surface area contributed by atoms with Crippen LogP contribution in [0.1, 0.15) is 12.0 Å². The molecule has 0 aliphatic rings. The van der Waals surface area contributed by atoms with Gasteiger partial charge in [-0.3, -0.25) is 14.5 Å². The summed E-state index contributed by atoms with van der Waals surface area (Å²) >= 11 is 6.83. The van der Waals surface area contributed by atoms with E-state index in [4.69, 9.17) is 17.5 Å². The molecule has 0 fully saturated rings. The molecule has 8 nitrogen and oxygen atoms in total. The van der Waals surface area contributed by atoms with Gasteiger partial charge in [0.15, 0.2) is 10.6 Å². The molecule has 0 aliphatic heterocycles. The molecule has 0 aliphatic carbocycles. The normalized spacial score (nSPS) is 10.3. The highest BCUT2D eigenvalue weighted by molar-refractivity contribution is 7.71. The second-order valence-corrected chi connectivity index (χ2v) is 6.85. The van der Waals surface area contributed by atoms with E-state index in [2.05, 4.69) is 31.9 Å². The lowest BCUT2D eigenvalue weighted by Gasteiger charge is -2.09. The summed E-state index contributed by atoms with van der Waals surface area (Å²) in [5.74, 6) is 1.17. The predicted molar refractivity (Wildman–Crippen MR) is 106 cm³/mol. The van der Waals surface area contributed by atoms with Crippen LogP contribution in [0.25, 0.3) is 10.7 Å². The van der Waals surface area contributed by atoms with Crippen LogP contribution in [-0.4, -0.2) is 38.7 Å². The zero-order valence-electron chi connectivity index (χ0n) is 14.3. The number of hydrogen-bond donors (Lipinski definition) is 3. The number of H-pyrrole nitrogens is 1. The Morgan fingerprint density at radius 3 is 3.04 bits per heavy atom. The first-order valence-electron chi connectivity index (χ1n) is 8.24. The first kappa shape index (κ1) is 18.8. The number of amides is 1. The minimum absolute atomic E-state index is 0.0847. The van der Waals surface area contributed by atoms with Crippen molar-refractivity contribution in [3.63, 3.8) is 0 Å². The second kappa shape index (κ2) is 9.07.